The van der Waals surface area contributed by atoms with Crippen molar-refractivity contribution >= 4 is 57.3 Å². The molecule has 0 saturated carbocycles. The van der Waals surface area contributed by atoms with Crippen LogP contribution in [-0.2, 0) is 9.59 Å². The summed E-state index contributed by atoms with van der Waals surface area (Å²) in [6, 6.07) is 5.26. The Morgan fingerprint density at radius 1 is 1.20 bits per heavy atom. The highest BCUT2D eigenvalue weighted by Crippen LogP contribution is 2.22. The number of benzene rings is 1. The minimum atomic E-state index is -0.202. The summed E-state index contributed by atoms with van der Waals surface area (Å²) in [5, 5.41) is 15.4. The quantitative estimate of drug-likeness (QED) is 0.738. The third-order valence-corrected chi connectivity index (χ3v) is 5.42. The molecule has 0 radical (unpaired) electrons. The van der Waals surface area contributed by atoms with Gasteiger partial charge in [0.1, 0.15) is 5.01 Å². The Labute approximate surface area is 159 Å². The van der Waals surface area contributed by atoms with Crippen molar-refractivity contribution in [2.75, 3.05) is 22.1 Å². The van der Waals surface area contributed by atoms with Crippen molar-refractivity contribution in [2.24, 2.45) is 0 Å². The van der Waals surface area contributed by atoms with Crippen LogP contribution >= 0.6 is 34.7 Å². The molecule has 0 fully saturated rings. The second-order valence-electron chi connectivity index (χ2n) is 5.65. The van der Waals surface area contributed by atoms with Gasteiger partial charge >= 0.3 is 0 Å². The predicted octanol–water partition coefficient (Wildman–Crippen LogP) is 3.93. The van der Waals surface area contributed by atoms with Crippen molar-refractivity contribution in [3.8, 4) is 0 Å². The summed E-state index contributed by atoms with van der Waals surface area (Å²) in [4.78, 5) is 23.8. The largest absolute Gasteiger partial charge is 0.325 e. The van der Waals surface area contributed by atoms with Crippen LogP contribution in [0.2, 0.25) is 5.02 Å². The Balaban J connectivity index is 1.73. The van der Waals surface area contributed by atoms with Gasteiger partial charge in [-0.05, 0) is 30.7 Å². The topological polar surface area (TPSA) is 84.0 Å². The van der Waals surface area contributed by atoms with E-state index in [1.54, 1.807) is 18.2 Å². The van der Waals surface area contributed by atoms with Crippen LogP contribution in [-0.4, -0.2) is 33.5 Å². The van der Waals surface area contributed by atoms with Crippen LogP contribution in [0.25, 0.3) is 0 Å². The van der Waals surface area contributed by atoms with Crippen LogP contribution in [0.1, 0.15) is 30.3 Å². The molecule has 0 spiro atoms. The Kier molecular flexibility index (Phi) is 7.22. The molecule has 1 aromatic carbocycles. The van der Waals surface area contributed by atoms with Crippen molar-refractivity contribution in [1.29, 1.82) is 0 Å². The molecule has 1 aromatic heterocycles. The molecule has 0 atom stereocenters. The van der Waals surface area contributed by atoms with Gasteiger partial charge in [-0.1, -0.05) is 36.8 Å². The summed E-state index contributed by atoms with van der Waals surface area (Å²) < 4.78 is 0. The fraction of sp³-hybridized carbons (Fsp3) is 0.375. The molecule has 2 aromatic rings. The smallest absolute Gasteiger partial charge is 0.236 e. The van der Waals surface area contributed by atoms with E-state index >= 15 is 0 Å². The van der Waals surface area contributed by atoms with Crippen LogP contribution in [0.15, 0.2) is 18.2 Å². The first-order valence-corrected chi connectivity index (χ1v) is 9.97. The number of carbonyl (C=O) groups excluding carboxylic acids is 2. The minimum Gasteiger partial charge on any atom is -0.325 e. The average molecular weight is 399 g/mol. The van der Waals surface area contributed by atoms with Gasteiger partial charge in [0.2, 0.25) is 16.9 Å². The fourth-order valence-electron chi connectivity index (χ4n) is 1.86. The van der Waals surface area contributed by atoms with E-state index in [0.717, 1.165) is 16.3 Å². The normalized spacial score (nSPS) is 10.8. The van der Waals surface area contributed by atoms with E-state index in [1.165, 1.54) is 23.1 Å². The van der Waals surface area contributed by atoms with Crippen molar-refractivity contribution in [3.63, 3.8) is 0 Å². The molecule has 1 heterocycles. The molecule has 0 unspecified atom stereocenters. The molecule has 2 amide bonds. The van der Waals surface area contributed by atoms with Crippen LogP contribution in [0.5, 0.6) is 0 Å². The van der Waals surface area contributed by atoms with Gasteiger partial charge in [0.25, 0.3) is 0 Å². The minimum absolute atomic E-state index is 0.166. The van der Waals surface area contributed by atoms with Crippen molar-refractivity contribution in [2.45, 2.75) is 26.7 Å². The van der Waals surface area contributed by atoms with Gasteiger partial charge in [-0.2, -0.15) is 0 Å². The maximum Gasteiger partial charge on any atom is 0.236 e. The van der Waals surface area contributed by atoms with Gasteiger partial charge in [0.05, 0.1) is 11.5 Å². The van der Waals surface area contributed by atoms with Crippen molar-refractivity contribution in [1.82, 2.24) is 10.2 Å². The van der Waals surface area contributed by atoms with Gasteiger partial charge < -0.3 is 5.32 Å². The fourth-order valence-corrected chi connectivity index (χ4v) is 3.47. The Hall–Kier alpha value is -1.64. The van der Waals surface area contributed by atoms with E-state index in [2.05, 4.69) is 20.8 Å². The standard InChI is InChI=1S/C16H19ClN4O2S2/c1-9(2)15-20-21-16(25-15)19-14(23)8-24-7-13(22)18-12-5-4-11(17)6-10(12)3/h4-6,9H,7-8H2,1-3H3,(H,18,22)(H,19,21,23). The molecular weight excluding hydrogens is 380 g/mol. The highest BCUT2D eigenvalue weighted by Gasteiger charge is 2.11. The number of thioether (sulfide) groups is 1. The summed E-state index contributed by atoms with van der Waals surface area (Å²) in [6.45, 7) is 5.90. The molecule has 2 rings (SSSR count). The van der Waals surface area contributed by atoms with Crippen LogP contribution in [0.3, 0.4) is 0 Å². The number of nitrogens with one attached hydrogen (secondary N) is 2. The Morgan fingerprint density at radius 3 is 2.48 bits per heavy atom. The van der Waals surface area contributed by atoms with Crippen LogP contribution in [0.4, 0.5) is 10.8 Å². The maximum absolute atomic E-state index is 12.0. The molecule has 0 aliphatic carbocycles. The molecule has 0 saturated heterocycles. The van der Waals surface area contributed by atoms with E-state index in [9.17, 15) is 9.59 Å². The average Bonchev–Trinajstić information content (AvgIpc) is 2.99. The van der Waals surface area contributed by atoms with E-state index < -0.39 is 0 Å². The Bertz CT molecular complexity index is 764. The molecule has 9 heteroatoms. The first-order valence-electron chi connectivity index (χ1n) is 7.62. The molecule has 6 nitrogen and oxygen atoms in total. The SMILES string of the molecule is Cc1cc(Cl)ccc1NC(=O)CSCC(=O)Nc1nnc(C(C)C)s1. The molecule has 0 aliphatic heterocycles. The second-order valence-corrected chi connectivity index (χ2v) is 8.08. The number of aryl methyl sites for hydroxylation is 1. The molecule has 0 aliphatic rings. The highest BCUT2D eigenvalue weighted by atomic mass is 35.5. The lowest BCUT2D eigenvalue weighted by Crippen LogP contribution is -2.18. The number of carbonyl (C=O) groups is 2. The van der Waals surface area contributed by atoms with Crippen LogP contribution in [0, 0.1) is 6.92 Å². The van der Waals surface area contributed by atoms with Gasteiger partial charge in [-0.3, -0.25) is 14.9 Å². The lowest BCUT2D eigenvalue weighted by Gasteiger charge is -2.08. The maximum atomic E-state index is 12.0. The number of halogens is 1. The lowest BCUT2D eigenvalue weighted by molar-refractivity contribution is -0.114. The number of nitrogens with zero attached hydrogens (tertiary/aromatic N) is 2. The molecule has 2 N–H and O–H groups in total. The summed E-state index contributed by atoms with van der Waals surface area (Å²) in [5.41, 5.74) is 1.61. The molecular formula is C16H19ClN4O2S2. The van der Waals surface area contributed by atoms with E-state index in [0.29, 0.717) is 10.2 Å². The number of rotatable bonds is 7. The van der Waals surface area contributed by atoms with Crippen molar-refractivity contribution in [3.05, 3.63) is 33.8 Å². The first kappa shape index (κ1) is 19.7. The number of hydrogen-bond acceptors (Lipinski definition) is 6. The summed E-state index contributed by atoms with van der Waals surface area (Å²) in [6.07, 6.45) is 0. The first-order chi connectivity index (χ1) is 11.8. The lowest BCUT2D eigenvalue weighted by atomic mass is 10.2. The van der Waals surface area contributed by atoms with E-state index in [-0.39, 0.29) is 29.2 Å². The molecule has 134 valence electrons. The third-order valence-electron chi connectivity index (χ3n) is 3.11. The van der Waals surface area contributed by atoms with Gasteiger partial charge in [0.15, 0.2) is 0 Å². The van der Waals surface area contributed by atoms with Gasteiger partial charge in [-0.25, -0.2) is 0 Å². The number of hydrogen-bond donors (Lipinski definition) is 2. The van der Waals surface area contributed by atoms with Gasteiger partial charge in [0, 0.05) is 16.6 Å². The summed E-state index contributed by atoms with van der Waals surface area (Å²) >= 11 is 8.48. The zero-order valence-corrected chi connectivity index (χ0v) is 16.5. The number of anilines is 2. The highest BCUT2D eigenvalue weighted by molar-refractivity contribution is 8.00. The van der Waals surface area contributed by atoms with Crippen molar-refractivity contribution < 1.29 is 9.59 Å². The summed E-state index contributed by atoms with van der Waals surface area (Å²) in [7, 11) is 0. The van der Waals surface area contributed by atoms with E-state index in [1.807, 2.05) is 20.8 Å². The number of amides is 2. The van der Waals surface area contributed by atoms with Crippen LogP contribution < -0.4 is 10.6 Å². The molecule has 25 heavy (non-hydrogen) atoms. The third kappa shape index (κ3) is 6.30. The molecule has 0 bridgehead atoms. The monoisotopic (exact) mass is 398 g/mol. The zero-order valence-electron chi connectivity index (χ0n) is 14.1. The summed E-state index contributed by atoms with van der Waals surface area (Å²) in [5.74, 6) is 0.262. The number of aromatic nitrogens is 2. The predicted molar refractivity (Wildman–Crippen MR) is 105 cm³/mol. The second kappa shape index (κ2) is 9.17. The van der Waals surface area contributed by atoms with Gasteiger partial charge in [-0.15, -0.1) is 22.0 Å². The Morgan fingerprint density at radius 2 is 1.88 bits per heavy atom. The van der Waals surface area contributed by atoms with E-state index in [4.69, 9.17) is 11.6 Å². The zero-order chi connectivity index (χ0) is 18.4.